The largest absolute Gasteiger partial charge is 0.160 e. The van der Waals surface area contributed by atoms with Crippen molar-refractivity contribution in [3.8, 4) is 0 Å². The van der Waals surface area contributed by atoms with Crippen LogP contribution in [0.3, 0.4) is 0 Å². The highest BCUT2D eigenvalue weighted by atomic mass is 33.6. The van der Waals surface area contributed by atoms with Crippen LogP contribution in [0.4, 0.5) is 0 Å². The summed E-state index contributed by atoms with van der Waals surface area (Å²) in [5.74, 6) is 11.3. The fourth-order valence-corrected chi connectivity index (χ4v) is 81.5. The summed E-state index contributed by atoms with van der Waals surface area (Å²) in [6.45, 7) is 0. The number of hydrogen-bond donors (Lipinski definition) is 0. The molecule has 0 saturated carbocycles. The molecule has 0 amide bonds. The van der Waals surface area contributed by atoms with Crippen LogP contribution in [0.2, 0.25) is 0 Å². The molecule has 230 valence electrons. The Morgan fingerprint density at radius 1 is 0.368 bits per heavy atom. The summed E-state index contributed by atoms with van der Waals surface area (Å²) in [5.41, 5.74) is 0. The van der Waals surface area contributed by atoms with Crippen LogP contribution in [0.25, 0.3) is 0 Å². The molecule has 38 heavy (non-hydrogen) atoms. The number of hydrogen-bond acceptors (Lipinski definition) is 12. The third-order valence-corrected chi connectivity index (χ3v) is 68.6. The second-order valence-corrected chi connectivity index (χ2v) is 49.8. The average Bonchev–Trinajstić information content (AvgIpc) is 2.82. The molecule has 0 nitrogen and oxygen atoms in total. The van der Waals surface area contributed by atoms with Gasteiger partial charge in [0.2, 0.25) is 0 Å². The maximum Gasteiger partial charge on any atom is 0.0746 e. The Kier molecular flexibility index (Phi) is 15.5. The summed E-state index contributed by atoms with van der Waals surface area (Å²) in [6, 6.07) is 0. The Hall–Kier alpha value is 5.60. The monoisotopic (exact) mass is 822 g/mol. The van der Waals surface area contributed by atoms with Crippen molar-refractivity contribution >= 4 is 166 Å². The Morgan fingerprint density at radius 2 is 0.526 bits per heavy atom. The van der Waals surface area contributed by atoms with Gasteiger partial charge in [-0.2, -0.15) is 47.0 Å². The van der Waals surface area contributed by atoms with Crippen molar-refractivity contribution in [3.05, 3.63) is 0 Å². The highest BCUT2D eigenvalue weighted by Gasteiger charge is 2.66. The maximum absolute atomic E-state index is 2.56. The smallest absolute Gasteiger partial charge is 0.0746 e. The van der Waals surface area contributed by atoms with Gasteiger partial charge in [-0.15, -0.1) is 119 Å². The Morgan fingerprint density at radius 3 is 0.605 bits per heavy atom. The molecular weight excluding hydrogens is 777 g/mol. The summed E-state index contributed by atoms with van der Waals surface area (Å²) >= 11 is 8.96. The zero-order valence-corrected chi connectivity index (χ0v) is 36.7. The van der Waals surface area contributed by atoms with Gasteiger partial charge in [0.25, 0.3) is 0 Å². The van der Waals surface area contributed by atoms with Crippen molar-refractivity contribution in [1.29, 1.82) is 0 Å². The van der Waals surface area contributed by atoms with Crippen LogP contribution in [0.1, 0.15) is 0 Å². The lowest BCUT2D eigenvalue weighted by atomic mass is 10.5. The van der Waals surface area contributed by atoms with E-state index in [4.69, 9.17) is 0 Å². The summed E-state index contributed by atoms with van der Waals surface area (Å²) in [7, 11) is 15.5. The van der Waals surface area contributed by atoms with Gasteiger partial charge in [-0.25, -0.2) is 0 Å². The van der Waals surface area contributed by atoms with E-state index in [1.165, 1.54) is 46.0 Å². The summed E-state index contributed by atoms with van der Waals surface area (Å²) in [6.07, 6.45) is 20.5. The SMILES string of the molecule is CSS(SC)(C1CSC1)C(C(S(SC)(SC)C1CSC1)S(SC)(SC)C1CSC1)S(SC)(SC)C1CSC1. The lowest BCUT2D eigenvalue weighted by Crippen LogP contribution is -2.51. The van der Waals surface area contributed by atoms with Crippen LogP contribution in [0.15, 0.2) is 0 Å². The molecule has 0 bridgehead atoms. The fourth-order valence-electron chi connectivity index (χ4n) is 5.49. The highest BCUT2D eigenvalue weighted by molar-refractivity contribution is 9.37. The van der Waals surface area contributed by atoms with Crippen molar-refractivity contribution in [2.45, 2.75) is 30.2 Å². The maximum atomic E-state index is 2.56. The van der Waals surface area contributed by atoms with Gasteiger partial charge >= 0.3 is 0 Å². The normalized spacial score (nSPS) is 24.6. The van der Waals surface area contributed by atoms with Gasteiger partial charge < -0.3 is 0 Å². The van der Waals surface area contributed by atoms with Gasteiger partial charge in [0, 0.05) is 67.0 Å². The third-order valence-electron chi connectivity index (χ3n) is 7.89. The molecule has 4 aliphatic heterocycles. The van der Waals surface area contributed by atoms with E-state index in [0.717, 1.165) is 30.2 Å². The fraction of sp³-hybridized carbons (Fsp3) is 1.00. The highest BCUT2D eigenvalue weighted by Crippen LogP contribution is 3.00. The standard InChI is InChI=1S/C22H46S16/c1-23-35(24-2,17-9-31-10-17)21(36(25-3,26-4)18-11-32-12-18)22(37(27-5,28-6)19-13-33-14-19)38(29-7,30-8)20-15-34-16-20/h17-22H,9-16H2,1-8H3. The first-order chi connectivity index (χ1) is 18.4. The molecule has 0 N–H and O–H groups in total. The van der Waals surface area contributed by atoms with E-state index in [0.29, 0.717) is 0 Å². The molecule has 0 aliphatic carbocycles. The number of rotatable bonds is 17. The van der Waals surface area contributed by atoms with Gasteiger partial charge in [0.05, 0.1) is 9.16 Å². The topological polar surface area (TPSA) is 0 Å². The minimum atomic E-state index is -0.926. The predicted molar refractivity (Wildman–Crippen MR) is 231 cm³/mol. The lowest BCUT2D eigenvalue weighted by Gasteiger charge is -2.72. The second kappa shape index (κ2) is 16.1. The minimum absolute atomic E-state index is 0.878. The first-order valence-corrected chi connectivity index (χ1v) is 38.0. The summed E-state index contributed by atoms with van der Waals surface area (Å²) in [5, 5.41) is 3.71. The van der Waals surface area contributed by atoms with Crippen molar-refractivity contribution in [2.75, 3.05) is 96.1 Å². The third kappa shape index (κ3) is 6.15. The minimum Gasteiger partial charge on any atom is -0.160 e. The molecule has 4 fully saturated rings. The Balaban J connectivity index is 2.06. The van der Waals surface area contributed by atoms with Crippen molar-refractivity contribution in [3.63, 3.8) is 0 Å². The number of thioether (sulfide) groups is 4. The molecule has 0 atom stereocenters. The summed E-state index contributed by atoms with van der Waals surface area (Å²) < 4.78 is 1.76. The van der Waals surface area contributed by atoms with E-state index < -0.39 is 32.4 Å². The van der Waals surface area contributed by atoms with Gasteiger partial charge in [0.15, 0.2) is 0 Å². The second-order valence-electron chi connectivity index (χ2n) is 9.06. The van der Waals surface area contributed by atoms with Crippen LogP contribution >= 0.6 is 166 Å². The molecule has 0 aromatic heterocycles. The van der Waals surface area contributed by atoms with Crippen LogP contribution in [-0.2, 0) is 0 Å². The summed E-state index contributed by atoms with van der Waals surface area (Å²) in [4.78, 5) is 0. The zero-order valence-electron chi connectivity index (χ0n) is 23.7. The molecular formula is C22H46S16. The van der Waals surface area contributed by atoms with Crippen LogP contribution in [0, 0.1) is 0 Å². The molecule has 0 unspecified atom stereocenters. The van der Waals surface area contributed by atoms with E-state index in [-0.39, 0.29) is 0 Å². The van der Waals surface area contributed by atoms with Gasteiger partial charge in [-0.1, -0.05) is 0 Å². The first kappa shape index (κ1) is 36.4. The molecule has 0 aromatic rings. The molecule has 0 spiro atoms. The lowest BCUT2D eigenvalue weighted by molar-refractivity contribution is 1.03. The quantitative estimate of drug-likeness (QED) is 0.128. The zero-order chi connectivity index (χ0) is 27.6. The van der Waals surface area contributed by atoms with Crippen LogP contribution in [-0.4, -0.2) is 126 Å². The van der Waals surface area contributed by atoms with E-state index in [9.17, 15) is 0 Å². The van der Waals surface area contributed by atoms with Crippen molar-refractivity contribution in [1.82, 2.24) is 0 Å². The van der Waals surface area contributed by atoms with Gasteiger partial charge in [-0.3, -0.25) is 0 Å². The average molecular weight is 824 g/mol. The molecule has 16 heteroatoms. The van der Waals surface area contributed by atoms with Crippen LogP contribution in [0.5, 0.6) is 0 Å². The molecule has 0 radical (unpaired) electrons. The molecule has 4 aliphatic rings. The molecule has 4 rings (SSSR count). The predicted octanol–water partition coefficient (Wildman–Crippen LogP) is 11.5. The van der Waals surface area contributed by atoms with E-state index in [2.05, 4.69) is 183 Å². The first-order valence-electron chi connectivity index (χ1n) is 12.4. The van der Waals surface area contributed by atoms with E-state index >= 15 is 0 Å². The van der Waals surface area contributed by atoms with Crippen LogP contribution < -0.4 is 0 Å². The van der Waals surface area contributed by atoms with Crippen molar-refractivity contribution in [2.24, 2.45) is 0 Å². The van der Waals surface area contributed by atoms with Crippen molar-refractivity contribution < 1.29 is 0 Å². The molecule has 4 heterocycles. The molecule has 0 aromatic carbocycles. The van der Waals surface area contributed by atoms with Gasteiger partial charge in [-0.05, 0) is 50.0 Å². The van der Waals surface area contributed by atoms with E-state index in [1.807, 2.05) is 0 Å². The van der Waals surface area contributed by atoms with Gasteiger partial charge in [0.1, 0.15) is 0 Å². The Bertz CT molecular complexity index is 614. The molecule has 4 saturated heterocycles. The van der Waals surface area contributed by atoms with E-state index in [1.54, 1.807) is 0 Å². The Labute approximate surface area is 287 Å².